The lowest BCUT2D eigenvalue weighted by Gasteiger charge is -2.27. The highest BCUT2D eigenvalue weighted by molar-refractivity contribution is 5.73. The summed E-state index contributed by atoms with van der Waals surface area (Å²) in [5, 5.41) is 9.13. The van der Waals surface area contributed by atoms with E-state index in [4.69, 9.17) is 14.6 Å². The van der Waals surface area contributed by atoms with Crippen LogP contribution in [0, 0.1) is 0 Å². The summed E-state index contributed by atoms with van der Waals surface area (Å²) < 4.78 is 10.5. The van der Waals surface area contributed by atoms with E-state index in [1.165, 1.54) is 0 Å². The zero-order valence-electron chi connectivity index (χ0n) is 11.1. The van der Waals surface area contributed by atoms with Crippen LogP contribution in [0.3, 0.4) is 0 Å². The topological polar surface area (TPSA) is 59.0 Å². The van der Waals surface area contributed by atoms with E-state index >= 15 is 0 Å². The maximum Gasteiger partial charge on any atom is 0.320 e. The highest BCUT2D eigenvalue weighted by atomic mass is 16.5. The standard InChI is InChI=1S/C12H25NO4/c1-4-11(12(14)15)13(7-9-16-5-2)8-10-17-6-3/h11H,4-10H2,1-3H3,(H,14,15)/t11-/m1/s1. The summed E-state index contributed by atoms with van der Waals surface area (Å²) in [6.07, 6.45) is 0.591. The maximum absolute atomic E-state index is 11.1. The van der Waals surface area contributed by atoms with Gasteiger partial charge in [0.1, 0.15) is 6.04 Å². The molecule has 0 spiro atoms. The molecule has 0 aromatic rings. The van der Waals surface area contributed by atoms with Gasteiger partial charge in [-0.2, -0.15) is 0 Å². The van der Waals surface area contributed by atoms with Gasteiger partial charge in [0.05, 0.1) is 13.2 Å². The van der Waals surface area contributed by atoms with E-state index in [9.17, 15) is 4.79 Å². The van der Waals surface area contributed by atoms with Crippen LogP contribution in [0.1, 0.15) is 27.2 Å². The number of aliphatic carboxylic acids is 1. The minimum absolute atomic E-state index is 0.448. The smallest absolute Gasteiger partial charge is 0.320 e. The molecule has 0 fully saturated rings. The quantitative estimate of drug-likeness (QED) is 0.556. The van der Waals surface area contributed by atoms with Gasteiger partial charge in [-0.1, -0.05) is 6.92 Å². The van der Waals surface area contributed by atoms with Crippen LogP contribution in [0.15, 0.2) is 0 Å². The van der Waals surface area contributed by atoms with Crippen molar-refractivity contribution in [3.8, 4) is 0 Å². The molecule has 102 valence electrons. The van der Waals surface area contributed by atoms with Crippen LogP contribution in [0.4, 0.5) is 0 Å². The van der Waals surface area contributed by atoms with Gasteiger partial charge in [0, 0.05) is 26.3 Å². The monoisotopic (exact) mass is 247 g/mol. The van der Waals surface area contributed by atoms with Crippen molar-refractivity contribution < 1.29 is 19.4 Å². The lowest BCUT2D eigenvalue weighted by molar-refractivity contribution is -0.144. The molecule has 0 amide bonds. The van der Waals surface area contributed by atoms with Crippen molar-refractivity contribution in [2.24, 2.45) is 0 Å². The van der Waals surface area contributed by atoms with Crippen LogP contribution < -0.4 is 0 Å². The van der Waals surface area contributed by atoms with Crippen LogP contribution in [-0.2, 0) is 14.3 Å². The van der Waals surface area contributed by atoms with Gasteiger partial charge in [0.15, 0.2) is 0 Å². The van der Waals surface area contributed by atoms with E-state index in [0.29, 0.717) is 45.9 Å². The average Bonchev–Trinajstić information content (AvgIpc) is 2.29. The number of rotatable bonds is 11. The zero-order valence-corrected chi connectivity index (χ0v) is 11.1. The Kier molecular flexibility index (Phi) is 10.1. The van der Waals surface area contributed by atoms with E-state index in [0.717, 1.165) is 0 Å². The summed E-state index contributed by atoms with van der Waals surface area (Å²) in [5.74, 6) is -0.777. The SMILES string of the molecule is CCOCCN(CCOCC)[C@H](CC)C(=O)O. The number of hydrogen-bond donors (Lipinski definition) is 1. The molecule has 1 N–H and O–H groups in total. The largest absolute Gasteiger partial charge is 0.480 e. The van der Waals surface area contributed by atoms with Crippen LogP contribution in [-0.4, -0.2) is 61.5 Å². The van der Waals surface area contributed by atoms with Gasteiger partial charge in [-0.25, -0.2) is 0 Å². The van der Waals surface area contributed by atoms with Gasteiger partial charge < -0.3 is 14.6 Å². The number of carboxylic acid groups (broad SMARTS) is 1. The first-order valence-electron chi connectivity index (χ1n) is 6.29. The molecule has 0 rings (SSSR count). The van der Waals surface area contributed by atoms with E-state index in [1.54, 1.807) is 0 Å². The Balaban J connectivity index is 4.20. The minimum Gasteiger partial charge on any atom is -0.480 e. The second-order valence-electron chi connectivity index (χ2n) is 3.69. The summed E-state index contributed by atoms with van der Waals surface area (Å²) in [5.41, 5.74) is 0. The third-order valence-corrected chi connectivity index (χ3v) is 2.57. The van der Waals surface area contributed by atoms with Crippen LogP contribution in [0.2, 0.25) is 0 Å². The molecule has 0 aliphatic carbocycles. The molecule has 0 unspecified atom stereocenters. The molecule has 0 radical (unpaired) electrons. The fraction of sp³-hybridized carbons (Fsp3) is 0.917. The molecular weight excluding hydrogens is 222 g/mol. The van der Waals surface area contributed by atoms with E-state index in [-0.39, 0.29) is 0 Å². The fourth-order valence-electron chi connectivity index (χ4n) is 1.66. The zero-order chi connectivity index (χ0) is 13.1. The Morgan fingerprint density at radius 3 is 1.88 bits per heavy atom. The first kappa shape index (κ1) is 16.4. The van der Waals surface area contributed by atoms with Crippen molar-refractivity contribution in [2.75, 3.05) is 39.5 Å². The number of nitrogens with zero attached hydrogens (tertiary/aromatic N) is 1. The van der Waals surface area contributed by atoms with Crippen molar-refractivity contribution in [1.82, 2.24) is 4.90 Å². The van der Waals surface area contributed by atoms with Crippen molar-refractivity contribution in [3.05, 3.63) is 0 Å². The van der Waals surface area contributed by atoms with Gasteiger partial charge in [-0.3, -0.25) is 9.69 Å². The Morgan fingerprint density at radius 1 is 1.12 bits per heavy atom. The average molecular weight is 247 g/mol. The maximum atomic E-state index is 11.1. The van der Waals surface area contributed by atoms with Gasteiger partial charge in [0.2, 0.25) is 0 Å². The molecule has 1 atom stereocenters. The second-order valence-corrected chi connectivity index (χ2v) is 3.69. The molecule has 5 heteroatoms. The van der Waals surface area contributed by atoms with Crippen molar-refractivity contribution in [1.29, 1.82) is 0 Å². The third-order valence-electron chi connectivity index (χ3n) is 2.57. The van der Waals surface area contributed by atoms with Crippen molar-refractivity contribution in [3.63, 3.8) is 0 Å². The summed E-state index contributed by atoms with van der Waals surface area (Å²) >= 11 is 0. The molecule has 0 saturated carbocycles. The first-order chi connectivity index (χ1) is 8.17. The van der Waals surface area contributed by atoms with Gasteiger partial charge in [-0.05, 0) is 20.3 Å². The Hall–Kier alpha value is -0.650. The van der Waals surface area contributed by atoms with Crippen molar-refractivity contribution in [2.45, 2.75) is 33.2 Å². The van der Waals surface area contributed by atoms with Crippen LogP contribution in [0.25, 0.3) is 0 Å². The molecule has 0 aromatic heterocycles. The van der Waals surface area contributed by atoms with E-state index < -0.39 is 12.0 Å². The first-order valence-corrected chi connectivity index (χ1v) is 6.29. The van der Waals surface area contributed by atoms with Crippen LogP contribution >= 0.6 is 0 Å². The minimum atomic E-state index is -0.777. The van der Waals surface area contributed by atoms with E-state index in [2.05, 4.69) is 0 Å². The second kappa shape index (κ2) is 10.5. The van der Waals surface area contributed by atoms with Gasteiger partial charge >= 0.3 is 5.97 Å². The Morgan fingerprint density at radius 2 is 1.59 bits per heavy atom. The lowest BCUT2D eigenvalue weighted by Crippen LogP contribution is -2.44. The molecule has 0 bridgehead atoms. The fourth-order valence-corrected chi connectivity index (χ4v) is 1.66. The summed E-state index contributed by atoms with van der Waals surface area (Å²) in [6, 6.07) is -0.448. The van der Waals surface area contributed by atoms with Crippen LogP contribution in [0.5, 0.6) is 0 Å². The Labute approximate surface area is 104 Å². The molecule has 0 aliphatic heterocycles. The molecule has 0 aliphatic rings. The number of hydrogen-bond acceptors (Lipinski definition) is 4. The normalized spacial score (nSPS) is 12.9. The number of ether oxygens (including phenoxy) is 2. The number of carboxylic acids is 1. The molecule has 0 saturated heterocycles. The Bertz CT molecular complexity index is 189. The van der Waals surface area contributed by atoms with E-state index in [1.807, 2.05) is 25.7 Å². The molecule has 0 aromatic carbocycles. The summed E-state index contributed by atoms with van der Waals surface area (Å²) in [7, 11) is 0. The molecule has 17 heavy (non-hydrogen) atoms. The third kappa shape index (κ3) is 7.31. The van der Waals surface area contributed by atoms with Gasteiger partial charge in [0.25, 0.3) is 0 Å². The highest BCUT2D eigenvalue weighted by Gasteiger charge is 2.22. The van der Waals surface area contributed by atoms with Gasteiger partial charge in [-0.15, -0.1) is 0 Å². The highest BCUT2D eigenvalue weighted by Crippen LogP contribution is 2.04. The lowest BCUT2D eigenvalue weighted by atomic mass is 10.2. The predicted octanol–water partition coefficient (Wildman–Crippen LogP) is 1.22. The predicted molar refractivity (Wildman–Crippen MR) is 66.3 cm³/mol. The van der Waals surface area contributed by atoms with Crippen molar-refractivity contribution >= 4 is 5.97 Å². The summed E-state index contributed by atoms with van der Waals surface area (Å²) in [6.45, 7) is 9.44. The molecular formula is C12H25NO4. The number of carbonyl (C=O) groups is 1. The molecule has 5 nitrogen and oxygen atoms in total. The molecule has 0 heterocycles. The summed E-state index contributed by atoms with van der Waals surface area (Å²) in [4.78, 5) is 13.0.